The predicted molar refractivity (Wildman–Crippen MR) is 69.3 cm³/mol. The second-order valence-electron chi connectivity index (χ2n) is 3.73. The number of benzene rings is 1. The van der Waals surface area contributed by atoms with E-state index in [1.165, 1.54) is 7.11 Å². The molecule has 0 aromatic heterocycles. The highest BCUT2D eigenvalue weighted by Crippen LogP contribution is 2.26. The molecule has 1 atom stereocenters. The molecule has 0 aliphatic heterocycles. The first-order valence-electron chi connectivity index (χ1n) is 5.72. The summed E-state index contributed by atoms with van der Waals surface area (Å²) in [5, 5.41) is 3.09. The van der Waals surface area contributed by atoms with Crippen LogP contribution in [-0.4, -0.2) is 33.3 Å². The molecule has 0 saturated heterocycles. The molecule has 0 heterocycles. The number of esters is 1. The summed E-state index contributed by atoms with van der Waals surface area (Å²) in [5.41, 5.74) is 0.753. The number of rotatable bonds is 6. The summed E-state index contributed by atoms with van der Waals surface area (Å²) in [4.78, 5) is 11.5. The Labute approximate surface area is 107 Å². The number of nitrogens with one attached hydrogen (secondary N) is 1. The van der Waals surface area contributed by atoms with Crippen LogP contribution in [0.3, 0.4) is 0 Å². The van der Waals surface area contributed by atoms with Crippen LogP contribution in [0.1, 0.15) is 13.3 Å². The van der Waals surface area contributed by atoms with Crippen molar-refractivity contribution in [1.82, 2.24) is 0 Å². The number of anilines is 1. The molecule has 1 unspecified atom stereocenters. The first kappa shape index (κ1) is 14.2. The summed E-state index contributed by atoms with van der Waals surface area (Å²) in [6, 6.07) is 4.98. The Kier molecular flexibility index (Phi) is 5.30. The summed E-state index contributed by atoms with van der Waals surface area (Å²) < 4.78 is 15.1. The normalized spacial score (nSPS) is 11.6. The van der Waals surface area contributed by atoms with Gasteiger partial charge in [-0.1, -0.05) is 6.92 Å². The molecule has 1 N–H and O–H groups in total. The third-order valence-electron chi connectivity index (χ3n) is 2.59. The van der Waals surface area contributed by atoms with Crippen LogP contribution >= 0.6 is 0 Å². The summed E-state index contributed by atoms with van der Waals surface area (Å²) in [7, 11) is 4.53. The predicted octanol–water partition coefficient (Wildman–Crippen LogP) is 2.07. The zero-order valence-corrected chi connectivity index (χ0v) is 11.1. The van der Waals surface area contributed by atoms with E-state index in [2.05, 4.69) is 5.32 Å². The van der Waals surface area contributed by atoms with Crippen molar-refractivity contribution >= 4 is 11.7 Å². The Balaban J connectivity index is 2.91. The van der Waals surface area contributed by atoms with Gasteiger partial charge in [0.15, 0.2) is 0 Å². The number of carbonyl (C=O) groups excluding carboxylic acids is 1. The topological polar surface area (TPSA) is 56.8 Å². The quantitative estimate of drug-likeness (QED) is 0.786. The molecule has 1 rings (SSSR count). The lowest BCUT2D eigenvalue weighted by Gasteiger charge is -2.17. The molecular weight excluding hydrogens is 234 g/mol. The molecule has 5 heteroatoms. The zero-order valence-electron chi connectivity index (χ0n) is 11.1. The maximum absolute atomic E-state index is 11.5. The van der Waals surface area contributed by atoms with E-state index in [1.807, 2.05) is 6.92 Å². The summed E-state index contributed by atoms with van der Waals surface area (Å²) in [6.45, 7) is 1.91. The first-order chi connectivity index (χ1) is 8.64. The molecule has 0 fully saturated rings. The van der Waals surface area contributed by atoms with Crippen LogP contribution in [0.25, 0.3) is 0 Å². The smallest absolute Gasteiger partial charge is 0.328 e. The van der Waals surface area contributed by atoms with Gasteiger partial charge in [0.25, 0.3) is 0 Å². The van der Waals surface area contributed by atoms with Crippen molar-refractivity contribution in [3.8, 4) is 11.5 Å². The number of methoxy groups -OCH3 is 3. The highest BCUT2D eigenvalue weighted by molar-refractivity contribution is 5.79. The minimum absolute atomic E-state index is 0.292. The molecule has 0 bridgehead atoms. The van der Waals surface area contributed by atoms with Gasteiger partial charge >= 0.3 is 5.97 Å². The van der Waals surface area contributed by atoms with Crippen molar-refractivity contribution in [2.24, 2.45) is 0 Å². The van der Waals surface area contributed by atoms with Gasteiger partial charge in [-0.05, 0) is 6.42 Å². The molecule has 0 aliphatic rings. The lowest BCUT2D eigenvalue weighted by molar-refractivity contribution is -0.141. The standard InChI is InChI=1S/C13H19NO4/c1-5-12(13(15)18-4)14-9-6-10(16-2)8-11(7-9)17-3/h6-8,12,14H,5H2,1-4H3. The third-order valence-corrected chi connectivity index (χ3v) is 2.59. The molecule has 1 aromatic carbocycles. The van der Waals surface area contributed by atoms with E-state index in [9.17, 15) is 4.79 Å². The fourth-order valence-electron chi connectivity index (χ4n) is 1.56. The van der Waals surface area contributed by atoms with Gasteiger partial charge in [-0.2, -0.15) is 0 Å². The largest absolute Gasteiger partial charge is 0.497 e. The first-order valence-corrected chi connectivity index (χ1v) is 5.72. The molecule has 0 saturated carbocycles. The van der Waals surface area contributed by atoms with Crippen molar-refractivity contribution in [3.63, 3.8) is 0 Å². The van der Waals surface area contributed by atoms with E-state index in [0.29, 0.717) is 17.9 Å². The van der Waals surface area contributed by atoms with Crippen LogP contribution in [0.5, 0.6) is 11.5 Å². The average molecular weight is 253 g/mol. The Hall–Kier alpha value is -1.91. The van der Waals surface area contributed by atoms with Gasteiger partial charge in [0.1, 0.15) is 17.5 Å². The number of hydrogen-bond acceptors (Lipinski definition) is 5. The van der Waals surface area contributed by atoms with Gasteiger partial charge < -0.3 is 19.5 Å². The monoisotopic (exact) mass is 253 g/mol. The lowest BCUT2D eigenvalue weighted by atomic mass is 10.2. The van der Waals surface area contributed by atoms with Gasteiger partial charge in [-0.3, -0.25) is 0 Å². The maximum Gasteiger partial charge on any atom is 0.328 e. The van der Waals surface area contributed by atoms with Crippen molar-refractivity contribution in [3.05, 3.63) is 18.2 Å². The molecule has 0 amide bonds. The van der Waals surface area contributed by atoms with E-state index < -0.39 is 0 Å². The van der Waals surface area contributed by atoms with Crippen LogP contribution in [0, 0.1) is 0 Å². The third kappa shape index (κ3) is 3.55. The molecule has 100 valence electrons. The van der Waals surface area contributed by atoms with Crippen LogP contribution in [-0.2, 0) is 9.53 Å². The minimum atomic E-state index is -0.383. The van der Waals surface area contributed by atoms with Crippen LogP contribution in [0.2, 0.25) is 0 Å². The van der Waals surface area contributed by atoms with Gasteiger partial charge in [0.05, 0.1) is 21.3 Å². The molecule has 5 nitrogen and oxygen atoms in total. The second kappa shape index (κ2) is 6.74. The van der Waals surface area contributed by atoms with Crippen molar-refractivity contribution in [2.75, 3.05) is 26.6 Å². The van der Waals surface area contributed by atoms with E-state index in [4.69, 9.17) is 14.2 Å². The lowest BCUT2D eigenvalue weighted by Crippen LogP contribution is -2.29. The van der Waals surface area contributed by atoms with E-state index in [-0.39, 0.29) is 12.0 Å². The minimum Gasteiger partial charge on any atom is -0.497 e. The Morgan fingerprint density at radius 1 is 1.17 bits per heavy atom. The zero-order chi connectivity index (χ0) is 13.5. The van der Waals surface area contributed by atoms with Gasteiger partial charge in [-0.15, -0.1) is 0 Å². The Morgan fingerprint density at radius 3 is 2.11 bits per heavy atom. The summed E-state index contributed by atoms with van der Waals surface area (Å²) in [6.07, 6.45) is 0.631. The fraction of sp³-hybridized carbons (Fsp3) is 0.462. The van der Waals surface area contributed by atoms with Crippen LogP contribution < -0.4 is 14.8 Å². The number of carbonyl (C=O) groups is 1. The number of ether oxygens (including phenoxy) is 3. The highest BCUT2D eigenvalue weighted by atomic mass is 16.5. The van der Waals surface area contributed by atoms with E-state index in [0.717, 1.165) is 5.69 Å². The van der Waals surface area contributed by atoms with Gasteiger partial charge in [0.2, 0.25) is 0 Å². The molecule has 0 spiro atoms. The fourth-order valence-corrected chi connectivity index (χ4v) is 1.56. The molecule has 1 aromatic rings. The van der Waals surface area contributed by atoms with Gasteiger partial charge in [-0.25, -0.2) is 4.79 Å². The van der Waals surface area contributed by atoms with Crippen molar-refractivity contribution in [2.45, 2.75) is 19.4 Å². The molecule has 18 heavy (non-hydrogen) atoms. The summed E-state index contributed by atoms with van der Waals surface area (Å²) in [5.74, 6) is 1.03. The van der Waals surface area contributed by atoms with Crippen LogP contribution in [0.15, 0.2) is 18.2 Å². The molecule has 0 radical (unpaired) electrons. The van der Waals surface area contributed by atoms with Crippen molar-refractivity contribution in [1.29, 1.82) is 0 Å². The van der Waals surface area contributed by atoms with E-state index in [1.54, 1.807) is 32.4 Å². The molecular formula is C13H19NO4. The SMILES string of the molecule is CCC(Nc1cc(OC)cc(OC)c1)C(=O)OC. The summed E-state index contributed by atoms with van der Waals surface area (Å²) >= 11 is 0. The maximum atomic E-state index is 11.5. The second-order valence-corrected chi connectivity index (χ2v) is 3.73. The van der Waals surface area contributed by atoms with Crippen molar-refractivity contribution < 1.29 is 19.0 Å². The van der Waals surface area contributed by atoms with Crippen LogP contribution in [0.4, 0.5) is 5.69 Å². The molecule has 0 aliphatic carbocycles. The number of hydrogen-bond donors (Lipinski definition) is 1. The van der Waals surface area contributed by atoms with Gasteiger partial charge in [0, 0.05) is 23.9 Å². The highest BCUT2D eigenvalue weighted by Gasteiger charge is 2.17. The Bertz CT molecular complexity index is 384. The van der Waals surface area contributed by atoms with E-state index >= 15 is 0 Å². The Morgan fingerprint density at radius 2 is 1.72 bits per heavy atom. The average Bonchev–Trinajstić information content (AvgIpc) is 2.43.